The molecule has 31 heavy (non-hydrogen) atoms. The van der Waals surface area contributed by atoms with E-state index in [0.717, 1.165) is 10.7 Å². The lowest BCUT2D eigenvalue weighted by Gasteiger charge is -2.18. The van der Waals surface area contributed by atoms with Gasteiger partial charge in [-0.15, -0.1) is 0 Å². The van der Waals surface area contributed by atoms with Crippen molar-refractivity contribution in [2.75, 3.05) is 7.11 Å². The first-order valence-corrected chi connectivity index (χ1v) is 9.77. The summed E-state index contributed by atoms with van der Waals surface area (Å²) in [4.78, 5) is 24.3. The molecule has 2 aromatic carbocycles. The van der Waals surface area contributed by atoms with Crippen LogP contribution in [0.3, 0.4) is 0 Å². The largest absolute Gasteiger partial charge is 0.467 e. The fraction of sp³-hybridized carbons (Fsp3) is 0.300. The van der Waals surface area contributed by atoms with Crippen molar-refractivity contribution in [2.24, 2.45) is 0 Å². The first-order chi connectivity index (χ1) is 14.3. The van der Waals surface area contributed by atoms with Gasteiger partial charge >= 0.3 is 18.3 Å². The Morgan fingerprint density at radius 1 is 0.935 bits per heavy atom. The summed E-state index contributed by atoms with van der Waals surface area (Å²) < 4.78 is 83.4. The van der Waals surface area contributed by atoms with Gasteiger partial charge in [0.15, 0.2) is 0 Å². The molecule has 2 rings (SSSR count). The summed E-state index contributed by atoms with van der Waals surface area (Å²) in [5.41, 5.74) is -2.85. The number of rotatable bonds is 6. The van der Waals surface area contributed by atoms with Crippen LogP contribution in [0.2, 0.25) is 0 Å². The molecule has 168 valence electrons. The molecule has 0 unspecified atom stereocenters. The van der Waals surface area contributed by atoms with Crippen LogP contribution in [-0.4, -0.2) is 25.0 Å². The predicted octanol–water partition coefficient (Wildman–Crippen LogP) is 4.77. The number of hydrogen-bond donors (Lipinski definition) is 1. The van der Waals surface area contributed by atoms with Crippen molar-refractivity contribution in [3.05, 3.63) is 68.3 Å². The van der Waals surface area contributed by atoms with Crippen molar-refractivity contribution >= 4 is 34.5 Å². The van der Waals surface area contributed by atoms with Crippen LogP contribution in [0, 0.1) is 3.57 Å². The van der Waals surface area contributed by atoms with E-state index >= 15 is 0 Å². The van der Waals surface area contributed by atoms with Crippen LogP contribution >= 0.6 is 22.6 Å². The number of esters is 1. The topological polar surface area (TPSA) is 55.4 Å². The number of hydrogen-bond acceptors (Lipinski definition) is 3. The molecule has 0 spiro atoms. The van der Waals surface area contributed by atoms with Gasteiger partial charge < -0.3 is 10.1 Å². The molecule has 0 fully saturated rings. The highest BCUT2D eigenvalue weighted by Gasteiger charge is 2.37. The van der Waals surface area contributed by atoms with E-state index in [1.54, 1.807) is 24.3 Å². The highest BCUT2D eigenvalue weighted by Crippen LogP contribution is 2.36. The van der Waals surface area contributed by atoms with Gasteiger partial charge in [0, 0.05) is 9.99 Å². The Kier molecular flexibility index (Phi) is 7.95. The van der Waals surface area contributed by atoms with Crippen molar-refractivity contribution in [1.82, 2.24) is 5.32 Å². The highest BCUT2D eigenvalue weighted by atomic mass is 127. The van der Waals surface area contributed by atoms with Crippen LogP contribution in [0.4, 0.5) is 26.3 Å². The van der Waals surface area contributed by atoms with Crippen LogP contribution in [0.5, 0.6) is 0 Å². The molecule has 0 radical (unpaired) electrons. The molecule has 0 aliphatic carbocycles. The fourth-order valence-corrected chi connectivity index (χ4v) is 3.10. The summed E-state index contributed by atoms with van der Waals surface area (Å²) in [5, 5.41) is 2.32. The van der Waals surface area contributed by atoms with E-state index < -0.39 is 53.4 Å². The molecule has 0 heterocycles. The number of benzene rings is 2. The number of carbonyl (C=O) groups excluding carboxylic acids is 2. The molecule has 0 saturated heterocycles. The van der Waals surface area contributed by atoms with Gasteiger partial charge in [-0.1, -0.05) is 12.1 Å². The monoisotopic (exact) mass is 559 g/mol. The van der Waals surface area contributed by atoms with Gasteiger partial charge in [-0.25, -0.2) is 4.79 Å². The van der Waals surface area contributed by atoms with Crippen LogP contribution in [0.1, 0.15) is 22.3 Å². The third-order valence-electron chi connectivity index (χ3n) is 4.19. The third kappa shape index (κ3) is 7.40. The second-order valence-corrected chi connectivity index (χ2v) is 7.81. The quantitative estimate of drug-likeness (QED) is 0.316. The van der Waals surface area contributed by atoms with Gasteiger partial charge in [0.25, 0.3) is 0 Å². The number of alkyl halides is 6. The summed E-state index contributed by atoms with van der Waals surface area (Å²) in [6.07, 6.45) is -10.8. The molecule has 1 amide bonds. The summed E-state index contributed by atoms with van der Waals surface area (Å²) in [6, 6.07) is 6.74. The van der Waals surface area contributed by atoms with Crippen LogP contribution in [0.15, 0.2) is 42.5 Å². The van der Waals surface area contributed by atoms with Crippen LogP contribution < -0.4 is 5.32 Å². The van der Waals surface area contributed by atoms with E-state index in [4.69, 9.17) is 0 Å². The Morgan fingerprint density at radius 3 is 1.90 bits per heavy atom. The van der Waals surface area contributed by atoms with E-state index in [1.165, 1.54) is 0 Å². The molecule has 0 aliphatic heterocycles. The van der Waals surface area contributed by atoms with Crippen molar-refractivity contribution in [3.8, 4) is 0 Å². The van der Waals surface area contributed by atoms with E-state index in [-0.39, 0.29) is 12.5 Å². The summed E-state index contributed by atoms with van der Waals surface area (Å²) in [7, 11) is 1.10. The summed E-state index contributed by atoms with van der Waals surface area (Å²) in [6.45, 7) is 0. The van der Waals surface area contributed by atoms with Gasteiger partial charge in [-0.05, 0) is 64.0 Å². The molecular weight excluding hydrogens is 543 g/mol. The van der Waals surface area contributed by atoms with Gasteiger partial charge in [0.05, 0.1) is 24.7 Å². The van der Waals surface area contributed by atoms with Crippen molar-refractivity contribution in [1.29, 1.82) is 0 Å². The predicted molar refractivity (Wildman–Crippen MR) is 107 cm³/mol. The first-order valence-electron chi connectivity index (χ1n) is 8.69. The molecule has 4 nitrogen and oxygen atoms in total. The summed E-state index contributed by atoms with van der Waals surface area (Å²) >= 11 is 2.08. The van der Waals surface area contributed by atoms with E-state index in [9.17, 15) is 35.9 Å². The summed E-state index contributed by atoms with van der Waals surface area (Å²) in [5.74, 6) is -1.72. The first kappa shape index (κ1) is 25.0. The van der Waals surface area contributed by atoms with Gasteiger partial charge in [-0.2, -0.15) is 26.3 Å². The average molecular weight is 559 g/mol. The van der Waals surface area contributed by atoms with Crippen molar-refractivity contribution < 1.29 is 40.7 Å². The third-order valence-corrected chi connectivity index (χ3v) is 4.91. The number of halogens is 7. The number of carbonyl (C=O) groups is 2. The Hall–Kier alpha value is -2.31. The SMILES string of the molecule is COC(=O)[C@H](Cc1ccc(I)cc1)NC(=O)Cc1cc(C(F)(F)F)cc(C(F)(F)F)c1. The second kappa shape index (κ2) is 9.88. The standard InChI is InChI=1S/C20H16F6INO3/c1-31-18(30)16(8-11-2-4-15(27)5-3-11)28-17(29)9-12-6-13(19(21,22)23)10-14(7-12)20(24,25)26/h2-7,10,16H,8-9H2,1H3,(H,28,29)/t16-/m0/s1. The van der Waals surface area contributed by atoms with E-state index in [0.29, 0.717) is 17.7 Å². The number of methoxy groups -OCH3 is 1. The molecule has 1 atom stereocenters. The molecule has 0 bridgehead atoms. The lowest BCUT2D eigenvalue weighted by Crippen LogP contribution is -2.43. The smallest absolute Gasteiger partial charge is 0.416 e. The molecule has 11 heteroatoms. The molecule has 2 aromatic rings. The number of ether oxygens (including phenoxy) is 1. The normalized spacial score (nSPS) is 12.9. The average Bonchev–Trinajstić information content (AvgIpc) is 2.66. The Morgan fingerprint density at radius 2 is 1.45 bits per heavy atom. The number of nitrogens with one attached hydrogen (secondary N) is 1. The Bertz CT molecular complexity index is 909. The maximum Gasteiger partial charge on any atom is 0.416 e. The van der Waals surface area contributed by atoms with Gasteiger partial charge in [-0.3, -0.25) is 4.79 Å². The minimum Gasteiger partial charge on any atom is -0.467 e. The molecule has 1 N–H and O–H groups in total. The zero-order valence-corrected chi connectivity index (χ0v) is 18.1. The maximum atomic E-state index is 13.0. The molecular formula is C20H16F6INO3. The Balaban J connectivity index is 2.23. The minimum atomic E-state index is -5.02. The number of amides is 1. The van der Waals surface area contributed by atoms with E-state index in [2.05, 4.69) is 32.6 Å². The lowest BCUT2D eigenvalue weighted by molar-refractivity contribution is -0.145. The van der Waals surface area contributed by atoms with Crippen molar-refractivity contribution in [3.63, 3.8) is 0 Å². The second-order valence-electron chi connectivity index (χ2n) is 6.56. The Labute approximate surface area is 187 Å². The van der Waals surface area contributed by atoms with Crippen molar-refractivity contribution in [2.45, 2.75) is 31.2 Å². The minimum absolute atomic E-state index is 0.0184. The van der Waals surface area contributed by atoms with Gasteiger partial charge in [0.1, 0.15) is 6.04 Å². The molecule has 0 aliphatic rings. The molecule has 0 saturated carbocycles. The highest BCUT2D eigenvalue weighted by molar-refractivity contribution is 14.1. The fourth-order valence-electron chi connectivity index (χ4n) is 2.74. The van der Waals surface area contributed by atoms with Crippen LogP contribution in [0.25, 0.3) is 0 Å². The zero-order chi connectivity index (χ0) is 23.4. The zero-order valence-electron chi connectivity index (χ0n) is 15.9. The lowest BCUT2D eigenvalue weighted by atomic mass is 10.0. The van der Waals surface area contributed by atoms with Crippen LogP contribution in [-0.2, 0) is 39.5 Å². The van der Waals surface area contributed by atoms with Gasteiger partial charge in [0.2, 0.25) is 5.91 Å². The maximum absolute atomic E-state index is 13.0. The molecule has 0 aromatic heterocycles. The van der Waals surface area contributed by atoms with E-state index in [1.807, 2.05) is 0 Å².